The molecule has 0 amide bonds. The van der Waals surface area contributed by atoms with Crippen LogP contribution < -0.4 is 4.74 Å². The van der Waals surface area contributed by atoms with Gasteiger partial charge < -0.3 is 4.74 Å². The fraction of sp³-hybridized carbons (Fsp3) is 0.571. The van der Waals surface area contributed by atoms with Crippen LogP contribution >= 0.6 is 0 Å². The van der Waals surface area contributed by atoms with Crippen LogP contribution in [0.2, 0.25) is 0 Å². The number of hydrogen-bond acceptors (Lipinski definition) is 1. The Labute approximate surface area is 92.5 Å². The SMILES string of the molecule is CC(C)C1Oc2ccccc2C1C(C)C. The molecule has 1 heterocycles. The summed E-state index contributed by atoms with van der Waals surface area (Å²) < 4.78 is 6.04. The molecule has 1 aromatic rings. The van der Waals surface area contributed by atoms with E-state index in [1.165, 1.54) is 5.56 Å². The monoisotopic (exact) mass is 204 g/mol. The van der Waals surface area contributed by atoms with Gasteiger partial charge in [-0.15, -0.1) is 0 Å². The van der Waals surface area contributed by atoms with Gasteiger partial charge in [-0.2, -0.15) is 0 Å². The second-order valence-corrected chi connectivity index (χ2v) is 5.13. The molecule has 0 spiro atoms. The van der Waals surface area contributed by atoms with E-state index in [2.05, 4.69) is 52.0 Å². The summed E-state index contributed by atoms with van der Waals surface area (Å²) in [6.07, 6.45) is 0.349. The van der Waals surface area contributed by atoms with Crippen molar-refractivity contribution in [3.05, 3.63) is 29.8 Å². The van der Waals surface area contributed by atoms with Gasteiger partial charge in [-0.3, -0.25) is 0 Å². The molecule has 0 N–H and O–H groups in total. The van der Waals surface area contributed by atoms with Gasteiger partial charge in [-0.1, -0.05) is 45.9 Å². The fourth-order valence-corrected chi connectivity index (χ4v) is 2.55. The number of rotatable bonds is 2. The molecule has 1 aromatic carbocycles. The Bertz CT molecular complexity index is 341. The van der Waals surface area contributed by atoms with E-state index in [4.69, 9.17) is 4.74 Å². The van der Waals surface area contributed by atoms with Crippen molar-refractivity contribution in [2.24, 2.45) is 11.8 Å². The highest BCUT2D eigenvalue weighted by atomic mass is 16.5. The van der Waals surface area contributed by atoms with Gasteiger partial charge in [0.15, 0.2) is 0 Å². The first-order chi connectivity index (χ1) is 7.11. The summed E-state index contributed by atoms with van der Waals surface area (Å²) in [5.41, 5.74) is 1.39. The molecule has 2 rings (SSSR count). The lowest BCUT2D eigenvalue weighted by atomic mass is 9.81. The predicted octanol–water partition coefficient (Wildman–Crippen LogP) is 3.84. The summed E-state index contributed by atoms with van der Waals surface area (Å²) in [4.78, 5) is 0. The number of benzene rings is 1. The van der Waals surface area contributed by atoms with E-state index in [9.17, 15) is 0 Å². The minimum atomic E-state index is 0.349. The topological polar surface area (TPSA) is 9.23 Å². The van der Waals surface area contributed by atoms with Crippen molar-refractivity contribution in [3.63, 3.8) is 0 Å². The van der Waals surface area contributed by atoms with Crippen LogP contribution in [-0.4, -0.2) is 6.10 Å². The van der Waals surface area contributed by atoms with E-state index in [1.54, 1.807) is 0 Å². The van der Waals surface area contributed by atoms with Crippen LogP contribution in [0.25, 0.3) is 0 Å². The van der Waals surface area contributed by atoms with Gasteiger partial charge in [0.2, 0.25) is 0 Å². The van der Waals surface area contributed by atoms with Gasteiger partial charge in [-0.05, 0) is 17.9 Å². The summed E-state index contributed by atoms with van der Waals surface area (Å²) in [5, 5.41) is 0. The highest BCUT2D eigenvalue weighted by molar-refractivity contribution is 5.41. The van der Waals surface area contributed by atoms with Gasteiger partial charge in [0.25, 0.3) is 0 Å². The smallest absolute Gasteiger partial charge is 0.123 e. The first-order valence-electron chi connectivity index (χ1n) is 5.87. The first kappa shape index (κ1) is 10.5. The summed E-state index contributed by atoms with van der Waals surface area (Å²) in [6.45, 7) is 9.05. The van der Waals surface area contributed by atoms with Crippen LogP contribution in [-0.2, 0) is 0 Å². The van der Waals surface area contributed by atoms with Crippen molar-refractivity contribution in [2.75, 3.05) is 0 Å². The van der Waals surface area contributed by atoms with E-state index in [0.29, 0.717) is 23.9 Å². The largest absolute Gasteiger partial charge is 0.489 e. The van der Waals surface area contributed by atoms with E-state index in [0.717, 1.165) is 5.75 Å². The fourth-order valence-electron chi connectivity index (χ4n) is 2.55. The summed E-state index contributed by atoms with van der Waals surface area (Å²) in [5.74, 6) is 2.86. The zero-order chi connectivity index (χ0) is 11.0. The van der Waals surface area contributed by atoms with E-state index >= 15 is 0 Å². The van der Waals surface area contributed by atoms with Crippen LogP contribution in [0.4, 0.5) is 0 Å². The number of ether oxygens (including phenoxy) is 1. The summed E-state index contributed by atoms with van der Waals surface area (Å²) >= 11 is 0. The Morgan fingerprint density at radius 1 is 1.00 bits per heavy atom. The van der Waals surface area contributed by atoms with E-state index in [-0.39, 0.29) is 0 Å². The maximum Gasteiger partial charge on any atom is 0.123 e. The lowest BCUT2D eigenvalue weighted by Gasteiger charge is -2.25. The molecule has 0 aliphatic carbocycles. The van der Waals surface area contributed by atoms with Crippen molar-refractivity contribution in [1.82, 2.24) is 0 Å². The van der Waals surface area contributed by atoms with Gasteiger partial charge in [0.05, 0.1) is 0 Å². The molecule has 1 aliphatic rings. The molecular weight excluding hydrogens is 184 g/mol. The Morgan fingerprint density at radius 3 is 2.27 bits per heavy atom. The van der Waals surface area contributed by atoms with Crippen LogP contribution in [0.5, 0.6) is 5.75 Å². The Morgan fingerprint density at radius 2 is 1.67 bits per heavy atom. The molecule has 82 valence electrons. The van der Waals surface area contributed by atoms with Crippen LogP contribution in [0, 0.1) is 11.8 Å². The van der Waals surface area contributed by atoms with Crippen LogP contribution in [0.3, 0.4) is 0 Å². The Hall–Kier alpha value is -0.980. The summed E-state index contributed by atoms with van der Waals surface area (Å²) in [7, 11) is 0. The third-order valence-corrected chi connectivity index (χ3v) is 3.27. The third-order valence-electron chi connectivity index (χ3n) is 3.27. The molecule has 1 nitrogen and oxygen atoms in total. The Balaban J connectivity index is 2.38. The molecule has 2 unspecified atom stereocenters. The molecule has 0 radical (unpaired) electrons. The van der Waals surface area contributed by atoms with Crippen molar-refractivity contribution in [2.45, 2.75) is 39.7 Å². The maximum absolute atomic E-state index is 6.04. The summed E-state index contributed by atoms with van der Waals surface area (Å²) in [6, 6.07) is 8.47. The zero-order valence-corrected chi connectivity index (χ0v) is 10.0. The normalized spacial score (nSPS) is 24.4. The second-order valence-electron chi connectivity index (χ2n) is 5.13. The highest BCUT2D eigenvalue weighted by Gasteiger charge is 2.37. The molecule has 15 heavy (non-hydrogen) atoms. The zero-order valence-electron chi connectivity index (χ0n) is 10.0. The molecule has 0 saturated carbocycles. The number of fused-ring (bicyclic) bond motifs is 1. The molecule has 1 heteroatoms. The van der Waals surface area contributed by atoms with E-state index in [1.807, 2.05) is 0 Å². The van der Waals surface area contributed by atoms with Crippen molar-refractivity contribution in [3.8, 4) is 5.75 Å². The number of para-hydroxylation sites is 1. The molecule has 0 bridgehead atoms. The van der Waals surface area contributed by atoms with E-state index < -0.39 is 0 Å². The molecule has 1 aliphatic heterocycles. The predicted molar refractivity (Wildman–Crippen MR) is 63.3 cm³/mol. The molecule has 2 atom stereocenters. The molecule has 0 aromatic heterocycles. The molecule has 0 fully saturated rings. The minimum Gasteiger partial charge on any atom is -0.489 e. The van der Waals surface area contributed by atoms with Crippen molar-refractivity contribution in [1.29, 1.82) is 0 Å². The van der Waals surface area contributed by atoms with Gasteiger partial charge in [0, 0.05) is 11.5 Å². The maximum atomic E-state index is 6.04. The average Bonchev–Trinajstić information content (AvgIpc) is 2.56. The average molecular weight is 204 g/mol. The third kappa shape index (κ3) is 1.75. The van der Waals surface area contributed by atoms with Gasteiger partial charge >= 0.3 is 0 Å². The quantitative estimate of drug-likeness (QED) is 0.711. The van der Waals surface area contributed by atoms with Crippen LogP contribution in [0.1, 0.15) is 39.2 Å². The second kappa shape index (κ2) is 3.88. The Kier molecular flexibility index (Phi) is 2.72. The first-order valence-corrected chi connectivity index (χ1v) is 5.87. The van der Waals surface area contributed by atoms with Crippen molar-refractivity contribution < 1.29 is 4.74 Å². The number of hydrogen-bond donors (Lipinski definition) is 0. The van der Waals surface area contributed by atoms with Gasteiger partial charge in [-0.25, -0.2) is 0 Å². The van der Waals surface area contributed by atoms with Crippen LogP contribution in [0.15, 0.2) is 24.3 Å². The standard InChI is InChI=1S/C14H20O/c1-9(2)13-11-7-5-6-8-12(11)15-14(13)10(3)4/h5-10,13-14H,1-4H3. The van der Waals surface area contributed by atoms with Crippen molar-refractivity contribution >= 4 is 0 Å². The highest BCUT2D eigenvalue weighted by Crippen LogP contribution is 2.44. The lowest BCUT2D eigenvalue weighted by Crippen LogP contribution is -2.28. The molecule has 0 saturated heterocycles. The molecular formula is C14H20O. The lowest BCUT2D eigenvalue weighted by molar-refractivity contribution is 0.135. The minimum absolute atomic E-state index is 0.349. The van der Waals surface area contributed by atoms with Gasteiger partial charge in [0.1, 0.15) is 11.9 Å².